The predicted octanol–water partition coefficient (Wildman–Crippen LogP) is 2.73. The van der Waals surface area contributed by atoms with Gasteiger partial charge in [0.2, 0.25) is 5.91 Å². The number of rotatable bonds is 8. The highest BCUT2D eigenvalue weighted by atomic mass is 16.3. The molecule has 2 N–H and O–H groups in total. The molecule has 2 aromatic carbocycles. The normalized spacial score (nSPS) is 11.9. The molecule has 0 aliphatic carbocycles. The fraction of sp³-hybridized carbons (Fsp3) is 0.316. The van der Waals surface area contributed by atoms with E-state index in [0.29, 0.717) is 19.4 Å². The van der Waals surface area contributed by atoms with E-state index in [2.05, 4.69) is 17.4 Å². The van der Waals surface area contributed by atoms with Gasteiger partial charge in [-0.2, -0.15) is 0 Å². The summed E-state index contributed by atoms with van der Waals surface area (Å²) in [6, 6.07) is 20.0. The van der Waals surface area contributed by atoms with Crippen molar-refractivity contribution in [1.29, 1.82) is 0 Å². The Labute approximate surface area is 132 Å². The molecule has 0 fully saturated rings. The third kappa shape index (κ3) is 6.10. The molecule has 1 amide bonds. The Morgan fingerprint density at radius 1 is 0.955 bits per heavy atom. The lowest BCUT2D eigenvalue weighted by Crippen LogP contribution is -2.33. The van der Waals surface area contributed by atoms with E-state index in [9.17, 15) is 9.90 Å². The Morgan fingerprint density at radius 2 is 1.55 bits per heavy atom. The molecule has 0 radical (unpaired) electrons. The molecule has 0 saturated carbocycles. The fourth-order valence-corrected chi connectivity index (χ4v) is 2.38. The summed E-state index contributed by atoms with van der Waals surface area (Å²) in [5.41, 5.74) is 2.33. The van der Waals surface area contributed by atoms with Crippen LogP contribution in [0.2, 0.25) is 0 Å². The van der Waals surface area contributed by atoms with Crippen molar-refractivity contribution in [3.8, 4) is 0 Å². The Hall–Kier alpha value is -2.13. The molecule has 0 heterocycles. The van der Waals surface area contributed by atoms with Gasteiger partial charge in [0.05, 0.1) is 6.10 Å². The first-order valence-corrected chi connectivity index (χ1v) is 7.76. The van der Waals surface area contributed by atoms with Gasteiger partial charge >= 0.3 is 0 Å². The first-order valence-electron chi connectivity index (χ1n) is 7.76. The van der Waals surface area contributed by atoms with Crippen LogP contribution >= 0.6 is 0 Å². The molecule has 0 aromatic heterocycles. The summed E-state index contributed by atoms with van der Waals surface area (Å²) in [5, 5.41) is 12.7. The van der Waals surface area contributed by atoms with Crippen LogP contribution in [0.5, 0.6) is 0 Å². The van der Waals surface area contributed by atoms with E-state index < -0.39 is 6.10 Å². The van der Waals surface area contributed by atoms with Gasteiger partial charge in [-0.3, -0.25) is 4.79 Å². The maximum absolute atomic E-state index is 11.8. The molecule has 0 aliphatic rings. The second kappa shape index (κ2) is 9.00. The van der Waals surface area contributed by atoms with Gasteiger partial charge in [-0.1, -0.05) is 60.7 Å². The minimum Gasteiger partial charge on any atom is -0.391 e. The molecule has 1 atom stereocenters. The van der Waals surface area contributed by atoms with Crippen LogP contribution < -0.4 is 5.32 Å². The smallest absolute Gasteiger partial charge is 0.220 e. The van der Waals surface area contributed by atoms with Gasteiger partial charge < -0.3 is 10.4 Å². The van der Waals surface area contributed by atoms with Crippen molar-refractivity contribution in [1.82, 2.24) is 5.32 Å². The van der Waals surface area contributed by atoms with Crippen LogP contribution in [0.15, 0.2) is 60.7 Å². The van der Waals surface area contributed by atoms with Gasteiger partial charge in [0, 0.05) is 19.4 Å². The van der Waals surface area contributed by atoms with Crippen LogP contribution in [0, 0.1) is 0 Å². The zero-order valence-electron chi connectivity index (χ0n) is 12.7. The SMILES string of the molecule is O=C(CCCc1ccccc1)NC[C@H](O)Cc1ccccc1. The molecule has 3 heteroatoms. The van der Waals surface area contributed by atoms with Crippen LogP contribution in [0.4, 0.5) is 0 Å². The van der Waals surface area contributed by atoms with E-state index in [1.807, 2.05) is 48.5 Å². The largest absolute Gasteiger partial charge is 0.391 e. The van der Waals surface area contributed by atoms with Crippen LogP contribution in [0.1, 0.15) is 24.0 Å². The minimum absolute atomic E-state index is 0.00282. The Kier molecular flexibility index (Phi) is 6.65. The monoisotopic (exact) mass is 297 g/mol. The number of aryl methyl sites for hydroxylation is 1. The predicted molar refractivity (Wildman–Crippen MR) is 88.5 cm³/mol. The topological polar surface area (TPSA) is 49.3 Å². The van der Waals surface area contributed by atoms with Crippen molar-refractivity contribution >= 4 is 5.91 Å². The highest BCUT2D eigenvalue weighted by molar-refractivity contribution is 5.75. The first kappa shape index (κ1) is 16.2. The van der Waals surface area contributed by atoms with Crippen molar-refractivity contribution in [3.05, 3.63) is 71.8 Å². The lowest BCUT2D eigenvalue weighted by molar-refractivity contribution is -0.121. The molecule has 0 saturated heterocycles. The summed E-state index contributed by atoms with van der Waals surface area (Å²) in [4.78, 5) is 11.8. The lowest BCUT2D eigenvalue weighted by atomic mass is 10.1. The number of aliphatic hydroxyl groups is 1. The number of nitrogens with one attached hydrogen (secondary N) is 1. The van der Waals surface area contributed by atoms with Crippen LogP contribution in [0.25, 0.3) is 0 Å². The average molecular weight is 297 g/mol. The van der Waals surface area contributed by atoms with Gasteiger partial charge in [-0.25, -0.2) is 0 Å². The molecule has 2 rings (SSSR count). The standard InChI is InChI=1S/C19H23NO2/c21-18(14-17-10-5-2-6-11-17)15-20-19(22)13-7-12-16-8-3-1-4-9-16/h1-6,8-11,18,21H,7,12-15H2,(H,20,22)/t18-/m1/s1. The van der Waals surface area contributed by atoms with E-state index >= 15 is 0 Å². The first-order chi connectivity index (χ1) is 10.7. The average Bonchev–Trinajstić information content (AvgIpc) is 2.55. The molecule has 0 unspecified atom stereocenters. The number of hydrogen-bond acceptors (Lipinski definition) is 2. The third-order valence-electron chi connectivity index (χ3n) is 3.56. The van der Waals surface area contributed by atoms with Crippen LogP contribution in [-0.2, 0) is 17.6 Å². The fourth-order valence-electron chi connectivity index (χ4n) is 2.38. The van der Waals surface area contributed by atoms with E-state index in [4.69, 9.17) is 0 Å². The van der Waals surface area contributed by atoms with Crippen molar-refractivity contribution < 1.29 is 9.90 Å². The third-order valence-corrected chi connectivity index (χ3v) is 3.56. The molecule has 0 spiro atoms. The Bertz CT molecular complexity index is 554. The number of hydrogen-bond donors (Lipinski definition) is 2. The molecule has 2 aromatic rings. The van der Waals surface area contributed by atoms with Crippen molar-refractivity contribution in [2.24, 2.45) is 0 Å². The molecular formula is C19H23NO2. The summed E-state index contributed by atoms with van der Waals surface area (Å²) in [6.45, 7) is 0.305. The lowest BCUT2D eigenvalue weighted by Gasteiger charge is -2.12. The van der Waals surface area contributed by atoms with Gasteiger partial charge in [0.1, 0.15) is 0 Å². The number of benzene rings is 2. The van der Waals surface area contributed by atoms with Crippen molar-refractivity contribution in [3.63, 3.8) is 0 Å². The van der Waals surface area contributed by atoms with Gasteiger partial charge in [0.15, 0.2) is 0 Å². The van der Waals surface area contributed by atoms with Gasteiger partial charge in [0.25, 0.3) is 0 Å². The maximum atomic E-state index is 11.8. The summed E-state index contributed by atoms with van der Waals surface area (Å²) in [7, 11) is 0. The summed E-state index contributed by atoms with van der Waals surface area (Å²) in [6.07, 6.45) is 2.24. The molecule has 3 nitrogen and oxygen atoms in total. The van der Waals surface area contributed by atoms with Gasteiger partial charge in [-0.15, -0.1) is 0 Å². The number of carbonyl (C=O) groups is 1. The molecule has 22 heavy (non-hydrogen) atoms. The van der Waals surface area contributed by atoms with Gasteiger partial charge in [-0.05, 0) is 24.0 Å². The zero-order chi connectivity index (χ0) is 15.6. The molecule has 116 valence electrons. The molecule has 0 bridgehead atoms. The Morgan fingerprint density at radius 3 is 2.18 bits per heavy atom. The second-order valence-electron chi connectivity index (χ2n) is 5.49. The number of aliphatic hydroxyl groups excluding tert-OH is 1. The quantitative estimate of drug-likeness (QED) is 0.787. The number of amides is 1. The molecule has 0 aliphatic heterocycles. The second-order valence-corrected chi connectivity index (χ2v) is 5.49. The summed E-state index contributed by atoms with van der Waals surface area (Å²) >= 11 is 0. The highest BCUT2D eigenvalue weighted by Crippen LogP contribution is 2.05. The highest BCUT2D eigenvalue weighted by Gasteiger charge is 2.08. The van der Waals surface area contributed by atoms with Crippen molar-refractivity contribution in [2.75, 3.05) is 6.54 Å². The van der Waals surface area contributed by atoms with Crippen LogP contribution in [0.3, 0.4) is 0 Å². The molecular weight excluding hydrogens is 274 g/mol. The van der Waals surface area contributed by atoms with Crippen LogP contribution in [-0.4, -0.2) is 23.7 Å². The maximum Gasteiger partial charge on any atom is 0.220 e. The summed E-state index contributed by atoms with van der Waals surface area (Å²) in [5.74, 6) is 0.00282. The number of carbonyl (C=O) groups excluding carboxylic acids is 1. The van der Waals surface area contributed by atoms with E-state index in [0.717, 1.165) is 18.4 Å². The van der Waals surface area contributed by atoms with E-state index in [1.165, 1.54) is 5.56 Å². The van der Waals surface area contributed by atoms with E-state index in [-0.39, 0.29) is 5.91 Å². The zero-order valence-corrected chi connectivity index (χ0v) is 12.7. The Balaban J connectivity index is 1.61. The summed E-state index contributed by atoms with van der Waals surface area (Å²) < 4.78 is 0. The van der Waals surface area contributed by atoms with E-state index in [1.54, 1.807) is 0 Å². The minimum atomic E-state index is -0.541. The van der Waals surface area contributed by atoms with Crippen molar-refractivity contribution in [2.45, 2.75) is 31.8 Å².